The first-order valence-corrected chi connectivity index (χ1v) is 8.74. The number of benzene rings is 1. The van der Waals surface area contributed by atoms with Gasteiger partial charge in [0.1, 0.15) is 6.10 Å². The number of aliphatic hydroxyl groups excluding tert-OH is 1. The number of aromatic nitrogens is 1. The molecular weight excluding hydrogens is 316 g/mol. The monoisotopic (exact) mass is 340 g/mol. The molecule has 1 aliphatic heterocycles. The molecule has 5 heteroatoms. The van der Waals surface area contributed by atoms with E-state index in [0.29, 0.717) is 17.7 Å². The molecular formula is C20H24N2O3. The molecule has 2 N–H and O–H groups in total. The number of rotatable bonds is 6. The molecule has 1 saturated heterocycles. The average molecular weight is 340 g/mol. The normalized spacial score (nSPS) is 18.1. The Bertz CT molecular complexity index is 712. The highest BCUT2D eigenvalue weighted by Gasteiger charge is 2.18. The van der Waals surface area contributed by atoms with Crippen LogP contribution in [0.4, 0.5) is 5.69 Å². The number of aliphatic hydroxyl groups is 1. The van der Waals surface area contributed by atoms with Gasteiger partial charge in [0.2, 0.25) is 5.91 Å². The molecule has 25 heavy (non-hydrogen) atoms. The highest BCUT2D eigenvalue weighted by molar-refractivity contribution is 5.91. The summed E-state index contributed by atoms with van der Waals surface area (Å²) >= 11 is 0. The number of aryl methyl sites for hydroxylation is 1. The second kappa shape index (κ2) is 8.23. The van der Waals surface area contributed by atoms with Gasteiger partial charge < -0.3 is 15.2 Å². The van der Waals surface area contributed by atoms with Crippen molar-refractivity contribution in [3.8, 4) is 0 Å². The number of hydrogen-bond donors (Lipinski definition) is 2. The van der Waals surface area contributed by atoms with Gasteiger partial charge in [0.05, 0.1) is 11.8 Å². The molecule has 0 saturated carbocycles. The van der Waals surface area contributed by atoms with E-state index in [2.05, 4.69) is 10.3 Å². The molecule has 0 unspecified atom stereocenters. The number of carbonyl (C=O) groups is 1. The van der Waals surface area contributed by atoms with E-state index in [9.17, 15) is 9.90 Å². The number of pyridine rings is 1. The molecule has 3 rings (SSSR count). The van der Waals surface area contributed by atoms with Crippen molar-refractivity contribution in [3.05, 3.63) is 59.4 Å². The van der Waals surface area contributed by atoms with Gasteiger partial charge in [0, 0.05) is 24.9 Å². The Morgan fingerprint density at radius 3 is 3.00 bits per heavy atom. The van der Waals surface area contributed by atoms with Crippen LogP contribution in [0.2, 0.25) is 0 Å². The number of amides is 1. The highest BCUT2D eigenvalue weighted by atomic mass is 16.5. The zero-order valence-corrected chi connectivity index (χ0v) is 14.4. The number of hydrogen-bond acceptors (Lipinski definition) is 4. The maximum Gasteiger partial charge on any atom is 0.224 e. The average Bonchev–Trinajstić information content (AvgIpc) is 3.15. The van der Waals surface area contributed by atoms with E-state index in [1.165, 1.54) is 0 Å². The summed E-state index contributed by atoms with van der Waals surface area (Å²) in [7, 11) is 0. The zero-order chi connectivity index (χ0) is 17.6. The summed E-state index contributed by atoms with van der Waals surface area (Å²) < 4.78 is 5.56. The Hall–Kier alpha value is -2.24. The Labute approximate surface area is 148 Å². The minimum absolute atomic E-state index is 0.0249. The van der Waals surface area contributed by atoms with Crippen LogP contribution in [0.1, 0.15) is 48.6 Å². The minimum atomic E-state index is -0.815. The Kier molecular flexibility index (Phi) is 5.79. The van der Waals surface area contributed by atoms with Gasteiger partial charge in [0.15, 0.2) is 0 Å². The molecule has 2 aromatic rings. The molecule has 1 amide bonds. The molecule has 1 aromatic heterocycles. The van der Waals surface area contributed by atoms with Crippen molar-refractivity contribution < 1.29 is 14.6 Å². The Morgan fingerprint density at radius 2 is 2.28 bits per heavy atom. The summed E-state index contributed by atoms with van der Waals surface area (Å²) in [5.74, 6) is -0.0249. The molecule has 1 aliphatic rings. The van der Waals surface area contributed by atoms with Crippen molar-refractivity contribution in [2.24, 2.45) is 0 Å². The number of anilines is 1. The van der Waals surface area contributed by atoms with Crippen LogP contribution in [-0.4, -0.2) is 28.7 Å². The highest BCUT2D eigenvalue weighted by Crippen LogP contribution is 2.25. The van der Waals surface area contributed by atoms with E-state index in [0.717, 1.165) is 37.1 Å². The van der Waals surface area contributed by atoms with Crippen molar-refractivity contribution in [1.82, 2.24) is 4.98 Å². The third-order valence-corrected chi connectivity index (χ3v) is 4.54. The molecule has 0 aliphatic carbocycles. The molecule has 1 aromatic carbocycles. The predicted octanol–water partition coefficient (Wildman–Crippen LogP) is 3.37. The van der Waals surface area contributed by atoms with Crippen molar-refractivity contribution >= 4 is 11.6 Å². The Balaban J connectivity index is 1.65. The van der Waals surface area contributed by atoms with Crippen molar-refractivity contribution in [1.29, 1.82) is 0 Å². The van der Waals surface area contributed by atoms with Crippen LogP contribution in [0.5, 0.6) is 0 Å². The summed E-state index contributed by atoms with van der Waals surface area (Å²) in [6.45, 7) is 2.74. The lowest BCUT2D eigenvalue weighted by atomic mass is 10.0. The van der Waals surface area contributed by atoms with Crippen LogP contribution in [0.25, 0.3) is 0 Å². The van der Waals surface area contributed by atoms with Crippen LogP contribution in [-0.2, 0) is 9.53 Å². The van der Waals surface area contributed by atoms with Gasteiger partial charge in [-0.1, -0.05) is 18.2 Å². The summed E-state index contributed by atoms with van der Waals surface area (Å²) in [4.78, 5) is 16.4. The van der Waals surface area contributed by atoms with E-state index in [-0.39, 0.29) is 12.0 Å². The topological polar surface area (TPSA) is 71.5 Å². The van der Waals surface area contributed by atoms with Gasteiger partial charge in [-0.05, 0) is 55.5 Å². The minimum Gasteiger partial charge on any atom is -0.382 e. The maximum absolute atomic E-state index is 12.2. The van der Waals surface area contributed by atoms with Crippen molar-refractivity contribution in [2.75, 3.05) is 11.9 Å². The van der Waals surface area contributed by atoms with E-state index >= 15 is 0 Å². The molecule has 2 atom stereocenters. The lowest BCUT2D eigenvalue weighted by Crippen LogP contribution is -2.16. The maximum atomic E-state index is 12.2. The summed E-state index contributed by atoms with van der Waals surface area (Å²) in [6, 6.07) is 11.0. The van der Waals surface area contributed by atoms with E-state index in [1.807, 2.05) is 37.3 Å². The second-order valence-corrected chi connectivity index (χ2v) is 6.45. The lowest BCUT2D eigenvalue weighted by molar-refractivity contribution is -0.116. The molecule has 5 nitrogen and oxygen atoms in total. The SMILES string of the molecule is Cc1ccc([C@@H](O)c2ccccn2)cc1NC(=O)CC[C@H]1CCCO1. The fourth-order valence-corrected chi connectivity index (χ4v) is 3.03. The fraction of sp³-hybridized carbons (Fsp3) is 0.400. The van der Waals surface area contributed by atoms with Gasteiger partial charge >= 0.3 is 0 Å². The Morgan fingerprint density at radius 1 is 1.40 bits per heavy atom. The largest absolute Gasteiger partial charge is 0.382 e. The first-order chi connectivity index (χ1) is 12.1. The van der Waals surface area contributed by atoms with Crippen LogP contribution >= 0.6 is 0 Å². The number of carbonyl (C=O) groups excluding carboxylic acids is 1. The number of ether oxygens (including phenoxy) is 1. The number of nitrogens with zero attached hydrogens (tertiary/aromatic N) is 1. The van der Waals surface area contributed by atoms with Crippen LogP contribution < -0.4 is 5.32 Å². The van der Waals surface area contributed by atoms with Gasteiger partial charge in [0.25, 0.3) is 0 Å². The molecule has 1 fully saturated rings. The van der Waals surface area contributed by atoms with Crippen molar-refractivity contribution in [2.45, 2.75) is 44.8 Å². The third kappa shape index (κ3) is 4.65. The van der Waals surface area contributed by atoms with Gasteiger partial charge in [-0.2, -0.15) is 0 Å². The smallest absolute Gasteiger partial charge is 0.224 e. The lowest BCUT2D eigenvalue weighted by Gasteiger charge is -2.15. The third-order valence-electron chi connectivity index (χ3n) is 4.54. The van der Waals surface area contributed by atoms with E-state index in [1.54, 1.807) is 12.3 Å². The first kappa shape index (κ1) is 17.6. The van der Waals surface area contributed by atoms with Crippen LogP contribution in [0.3, 0.4) is 0 Å². The molecule has 2 heterocycles. The standard InChI is InChI=1S/C20H24N2O3/c1-14-7-8-15(20(24)17-6-2-3-11-21-17)13-18(14)22-19(23)10-9-16-5-4-12-25-16/h2-3,6-8,11,13,16,20,24H,4-5,9-10,12H2,1H3,(H,22,23)/t16-,20-/m1/s1. The van der Waals surface area contributed by atoms with Crippen molar-refractivity contribution in [3.63, 3.8) is 0 Å². The molecule has 0 bridgehead atoms. The van der Waals surface area contributed by atoms with Gasteiger partial charge in [-0.3, -0.25) is 9.78 Å². The van der Waals surface area contributed by atoms with E-state index in [4.69, 9.17) is 4.74 Å². The van der Waals surface area contributed by atoms with Crippen LogP contribution in [0, 0.1) is 6.92 Å². The quantitative estimate of drug-likeness (QED) is 0.846. The van der Waals surface area contributed by atoms with Crippen LogP contribution in [0.15, 0.2) is 42.6 Å². The predicted molar refractivity (Wildman–Crippen MR) is 96.3 cm³/mol. The van der Waals surface area contributed by atoms with Gasteiger partial charge in [-0.15, -0.1) is 0 Å². The second-order valence-electron chi connectivity index (χ2n) is 6.45. The first-order valence-electron chi connectivity index (χ1n) is 8.74. The van der Waals surface area contributed by atoms with E-state index < -0.39 is 6.10 Å². The fourth-order valence-electron chi connectivity index (χ4n) is 3.03. The summed E-state index contributed by atoms with van der Waals surface area (Å²) in [6.07, 6.45) is 4.36. The summed E-state index contributed by atoms with van der Waals surface area (Å²) in [5.41, 5.74) is 2.98. The molecule has 132 valence electrons. The molecule has 0 radical (unpaired) electrons. The molecule has 0 spiro atoms. The summed E-state index contributed by atoms with van der Waals surface area (Å²) in [5, 5.41) is 13.5. The zero-order valence-electron chi connectivity index (χ0n) is 14.4. The van der Waals surface area contributed by atoms with Gasteiger partial charge in [-0.25, -0.2) is 0 Å². The number of nitrogens with one attached hydrogen (secondary N) is 1.